The Bertz CT molecular complexity index is 195. The minimum absolute atomic E-state index is 0.682. The van der Waals surface area contributed by atoms with E-state index in [0.717, 1.165) is 12.3 Å². The highest BCUT2D eigenvalue weighted by molar-refractivity contribution is 9.11. The highest BCUT2D eigenvalue weighted by Gasteiger charge is 2.24. The Morgan fingerprint density at radius 2 is 2.50 bits per heavy atom. The summed E-state index contributed by atoms with van der Waals surface area (Å²) in [5.74, 6) is 0.736. The SMILES string of the molecule is BrC1=CCC2NC=CC2C1. The predicted molar refractivity (Wildman–Crippen MR) is 45.8 cm³/mol. The molecular weight excluding hydrogens is 190 g/mol. The molecule has 0 radical (unpaired) electrons. The lowest BCUT2D eigenvalue weighted by Crippen LogP contribution is -2.28. The zero-order valence-electron chi connectivity index (χ0n) is 5.68. The van der Waals surface area contributed by atoms with Crippen LogP contribution in [0, 0.1) is 5.92 Å². The Morgan fingerprint density at radius 1 is 1.60 bits per heavy atom. The minimum Gasteiger partial charge on any atom is -0.387 e. The molecule has 0 fully saturated rings. The molecule has 0 saturated carbocycles. The van der Waals surface area contributed by atoms with Crippen molar-refractivity contribution in [1.82, 2.24) is 5.32 Å². The molecule has 2 atom stereocenters. The first-order valence-electron chi connectivity index (χ1n) is 3.63. The van der Waals surface area contributed by atoms with Gasteiger partial charge >= 0.3 is 0 Å². The molecule has 1 aliphatic carbocycles. The van der Waals surface area contributed by atoms with E-state index in [1.165, 1.54) is 10.9 Å². The third-order valence-corrected chi connectivity index (χ3v) is 2.84. The average Bonchev–Trinajstić information content (AvgIpc) is 2.33. The van der Waals surface area contributed by atoms with Gasteiger partial charge in [-0.25, -0.2) is 0 Å². The third-order valence-electron chi connectivity index (χ3n) is 2.19. The number of allylic oxidation sites excluding steroid dienone is 1. The fourth-order valence-corrected chi connectivity index (χ4v) is 2.14. The minimum atomic E-state index is 0.682. The fourth-order valence-electron chi connectivity index (χ4n) is 1.58. The molecular formula is C8H10BrN. The summed E-state index contributed by atoms with van der Waals surface area (Å²) in [5, 5.41) is 3.33. The molecule has 10 heavy (non-hydrogen) atoms. The van der Waals surface area contributed by atoms with Crippen molar-refractivity contribution < 1.29 is 0 Å². The number of rotatable bonds is 0. The van der Waals surface area contributed by atoms with Gasteiger partial charge in [-0.2, -0.15) is 0 Å². The van der Waals surface area contributed by atoms with E-state index in [1.54, 1.807) is 0 Å². The van der Waals surface area contributed by atoms with Gasteiger partial charge in [-0.05, 0) is 23.5 Å². The molecule has 0 spiro atoms. The summed E-state index contributed by atoms with van der Waals surface area (Å²) in [5.41, 5.74) is 0. The largest absolute Gasteiger partial charge is 0.387 e. The molecule has 2 aliphatic rings. The van der Waals surface area contributed by atoms with Crippen LogP contribution < -0.4 is 5.32 Å². The maximum absolute atomic E-state index is 3.52. The standard InChI is InChI=1S/C8H10BrN/c9-7-1-2-8-6(5-7)3-4-10-8/h1,3-4,6,8,10H,2,5H2. The van der Waals surface area contributed by atoms with Crippen molar-refractivity contribution in [2.75, 3.05) is 0 Å². The van der Waals surface area contributed by atoms with Gasteiger partial charge in [0.25, 0.3) is 0 Å². The molecule has 1 N–H and O–H groups in total. The summed E-state index contributed by atoms with van der Waals surface area (Å²) in [6.07, 6.45) is 8.95. The van der Waals surface area contributed by atoms with Crippen LogP contribution in [0.3, 0.4) is 0 Å². The van der Waals surface area contributed by atoms with Crippen LogP contribution in [0.1, 0.15) is 12.8 Å². The van der Waals surface area contributed by atoms with Crippen LogP contribution in [0.5, 0.6) is 0 Å². The maximum atomic E-state index is 3.52. The molecule has 54 valence electrons. The molecule has 0 amide bonds. The quantitative estimate of drug-likeness (QED) is 0.631. The normalized spacial score (nSPS) is 36.7. The van der Waals surface area contributed by atoms with Crippen molar-refractivity contribution in [3.63, 3.8) is 0 Å². The Kier molecular flexibility index (Phi) is 1.57. The van der Waals surface area contributed by atoms with Crippen LogP contribution in [0.25, 0.3) is 0 Å². The second-order valence-electron chi connectivity index (χ2n) is 2.89. The van der Waals surface area contributed by atoms with Crippen LogP contribution in [-0.2, 0) is 0 Å². The Labute approximate surface area is 69.3 Å². The number of nitrogens with one attached hydrogen (secondary N) is 1. The zero-order chi connectivity index (χ0) is 6.97. The van der Waals surface area contributed by atoms with Crippen molar-refractivity contribution in [2.45, 2.75) is 18.9 Å². The van der Waals surface area contributed by atoms with E-state index in [-0.39, 0.29) is 0 Å². The summed E-state index contributed by atoms with van der Waals surface area (Å²) >= 11 is 3.52. The van der Waals surface area contributed by atoms with E-state index in [0.29, 0.717) is 6.04 Å². The second kappa shape index (κ2) is 2.42. The second-order valence-corrected chi connectivity index (χ2v) is 3.91. The van der Waals surface area contributed by atoms with Gasteiger partial charge in [-0.3, -0.25) is 0 Å². The average molecular weight is 200 g/mol. The maximum Gasteiger partial charge on any atom is 0.0357 e. The highest BCUT2D eigenvalue weighted by atomic mass is 79.9. The van der Waals surface area contributed by atoms with Crippen molar-refractivity contribution in [3.05, 3.63) is 22.8 Å². The predicted octanol–water partition coefficient (Wildman–Crippen LogP) is 2.16. The van der Waals surface area contributed by atoms with Crippen molar-refractivity contribution in [3.8, 4) is 0 Å². The summed E-state index contributed by atoms with van der Waals surface area (Å²) < 4.78 is 1.36. The molecule has 1 heterocycles. The number of fused-ring (bicyclic) bond motifs is 1. The van der Waals surface area contributed by atoms with Gasteiger partial charge in [0.1, 0.15) is 0 Å². The molecule has 0 aromatic heterocycles. The molecule has 0 bridgehead atoms. The smallest absolute Gasteiger partial charge is 0.0357 e. The van der Waals surface area contributed by atoms with Gasteiger partial charge in [0.15, 0.2) is 0 Å². The van der Waals surface area contributed by atoms with Crippen LogP contribution >= 0.6 is 15.9 Å². The highest BCUT2D eigenvalue weighted by Crippen LogP contribution is 2.31. The number of hydrogen-bond donors (Lipinski definition) is 1. The van der Waals surface area contributed by atoms with Crippen LogP contribution in [0.15, 0.2) is 22.8 Å². The van der Waals surface area contributed by atoms with Gasteiger partial charge < -0.3 is 5.32 Å². The van der Waals surface area contributed by atoms with Crippen LogP contribution in [0.4, 0.5) is 0 Å². The van der Waals surface area contributed by atoms with E-state index < -0.39 is 0 Å². The van der Waals surface area contributed by atoms with Gasteiger partial charge in [-0.1, -0.05) is 28.1 Å². The summed E-state index contributed by atoms with van der Waals surface area (Å²) in [4.78, 5) is 0. The lowest BCUT2D eigenvalue weighted by Gasteiger charge is -2.22. The molecule has 2 unspecified atom stereocenters. The molecule has 2 heteroatoms. The van der Waals surface area contributed by atoms with Crippen molar-refractivity contribution in [2.24, 2.45) is 5.92 Å². The Morgan fingerprint density at radius 3 is 3.40 bits per heavy atom. The Hall–Kier alpha value is -0.240. The van der Waals surface area contributed by atoms with E-state index in [1.807, 2.05) is 0 Å². The first-order chi connectivity index (χ1) is 4.86. The summed E-state index contributed by atoms with van der Waals surface area (Å²) in [6.45, 7) is 0. The fraction of sp³-hybridized carbons (Fsp3) is 0.500. The zero-order valence-corrected chi connectivity index (χ0v) is 7.26. The van der Waals surface area contributed by atoms with Crippen molar-refractivity contribution >= 4 is 15.9 Å². The van der Waals surface area contributed by atoms with E-state index >= 15 is 0 Å². The van der Waals surface area contributed by atoms with Gasteiger partial charge in [0.2, 0.25) is 0 Å². The molecule has 0 aromatic rings. The first kappa shape index (κ1) is 6.47. The molecule has 0 aromatic carbocycles. The number of hydrogen-bond acceptors (Lipinski definition) is 1. The third kappa shape index (κ3) is 1.01. The molecule has 1 aliphatic heterocycles. The van der Waals surface area contributed by atoms with Crippen LogP contribution in [0.2, 0.25) is 0 Å². The lowest BCUT2D eigenvalue weighted by molar-refractivity contribution is 0.470. The van der Waals surface area contributed by atoms with Gasteiger partial charge in [0, 0.05) is 12.0 Å². The van der Waals surface area contributed by atoms with E-state index in [4.69, 9.17) is 0 Å². The van der Waals surface area contributed by atoms with Gasteiger partial charge in [0.05, 0.1) is 0 Å². The first-order valence-corrected chi connectivity index (χ1v) is 4.43. The monoisotopic (exact) mass is 199 g/mol. The van der Waals surface area contributed by atoms with E-state index in [9.17, 15) is 0 Å². The van der Waals surface area contributed by atoms with Gasteiger partial charge in [-0.15, -0.1) is 0 Å². The lowest BCUT2D eigenvalue weighted by atomic mass is 9.91. The van der Waals surface area contributed by atoms with E-state index in [2.05, 4.69) is 39.6 Å². The number of halogens is 1. The van der Waals surface area contributed by atoms with Crippen molar-refractivity contribution in [1.29, 1.82) is 0 Å². The Balaban J connectivity index is 2.14. The van der Waals surface area contributed by atoms with Crippen LogP contribution in [-0.4, -0.2) is 6.04 Å². The summed E-state index contributed by atoms with van der Waals surface area (Å²) in [6, 6.07) is 0.682. The molecule has 2 rings (SSSR count). The molecule has 1 nitrogen and oxygen atoms in total. The molecule has 0 saturated heterocycles. The summed E-state index contributed by atoms with van der Waals surface area (Å²) in [7, 11) is 0. The topological polar surface area (TPSA) is 12.0 Å².